The molecule has 2 saturated carbocycles. The molecule has 6 nitrogen and oxygen atoms in total. The number of likely N-dealkylation sites (tertiary alicyclic amines) is 1. The van der Waals surface area contributed by atoms with Crippen LogP contribution in [0.25, 0.3) is 0 Å². The van der Waals surface area contributed by atoms with Crippen LogP contribution in [0.2, 0.25) is 0 Å². The van der Waals surface area contributed by atoms with Gasteiger partial charge in [-0.25, -0.2) is 0 Å². The molecule has 26 heavy (non-hydrogen) atoms. The molecule has 5 aliphatic rings. The van der Waals surface area contributed by atoms with E-state index in [4.69, 9.17) is 10.5 Å². The maximum absolute atomic E-state index is 12.1. The Morgan fingerprint density at radius 2 is 2.04 bits per heavy atom. The molecule has 6 rings (SSSR count). The van der Waals surface area contributed by atoms with E-state index in [1.165, 1.54) is 12.8 Å². The van der Waals surface area contributed by atoms with E-state index in [2.05, 4.69) is 4.90 Å². The predicted octanol–water partition coefficient (Wildman–Crippen LogP) is 0.774. The molecule has 1 saturated heterocycles. The summed E-state index contributed by atoms with van der Waals surface area (Å²) in [5, 5.41) is 33.8. The Kier molecular flexibility index (Phi) is 2.86. The first-order chi connectivity index (χ1) is 12.5. The topological polar surface area (TPSA) is 99.2 Å². The molecule has 3 aliphatic carbocycles. The van der Waals surface area contributed by atoms with Crippen LogP contribution in [-0.2, 0) is 5.41 Å². The van der Waals surface area contributed by atoms with Crippen molar-refractivity contribution >= 4 is 0 Å². The van der Waals surface area contributed by atoms with E-state index in [9.17, 15) is 15.3 Å². The molecule has 0 radical (unpaired) electrons. The molecule has 6 atom stereocenters. The maximum atomic E-state index is 12.1. The predicted molar refractivity (Wildman–Crippen MR) is 94.0 cm³/mol. The van der Waals surface area contributed by atoms with E-state index in [0.29, 0.717) is 24.5 Å². The quantitative estimate of drug-likeness (QED) is 0.623. The lowest BCUT2D eigenvalue weighted by atomic mass is 9.48. The largest absolute Gasteiger partial charge is 0.504 e. The molecule has 0 amide bonds. The fourth-order valence-electron chi connectivity index (χ4n) is 6.58. The third-order valence-corrected chi connectivity index (χ3v) is 7.85. The molecule has 2 aliphatic heterocycles. The SMILES string of the molecule is N[C@@H]1CC[C@@]2(O)[C@H]3[C@@H](O)c4ccc(O)c5c4[C@@]2(CCN3CC2CC2)[C@H]1O5. The molecular weight excluding hydrogens is 332 g/mol. The molecule has 1 aromatic carbocycles. The van der Waals surface area contributed by atoms with Crippen molar-refractivity contribution in [1.82, 2.24) is 4.90 Å². The number of phenols is 1. The summed E-state index contributed by atoms with van der Waals surface area (Å²) in [5.41, 5.74) is 6.35. The van der Waals surface area contributed by atoms with Crippen molar-refractivity contribution in [3.63, 3.8) is 0 Å². The zero-order valence-electron chi connectivity index (χ0n) is 14.8. The number of aliphatic hydroxyl groups excluding tert-OH is 1. The van der Waals surface area contributed by atoms with Crippen molar-refractivity contribution in [3.05, 3.63) is 23.3 Å². The van der Waals surface area contributed by atoms with Crippen molar-refractivity contribution < 1.29 is 20.1 Å². The van der Waals surface area contributed by atoms with Crippen LogP contribution in [0.1, 0.15) is 49.3 Å². The van der Waals surface area contributed by atoms with E-state index in [1.807, 2.05) is 0 Å². The van der Waals surface area contributed by atoms with Gasteiger partial charge in [-0.3, -0.25) is 4.90 Å². The number of phenolic OH excluding ortho intramolecular Hbond substituents is 1. The van der Waals surface area contributed by atoms with Gasteiger partial charge in [-0.05, 0) is 56.2 Å². The smallest absolute Gasteiger partial charge is 0.165 e. The Hall–Kier alpha value is -1.34. The second-order valence-electron chi connectivity index (χ2n) is 9.09. The van der Waals surface area contributed by atoms with Crippen molar-refractivity contribution in [1.29, 1.82) is 0 Å². The first-order valence-electron chi connectivity index (χ1n) is 9.90. The van der Waals surface area contributed by atoms with Gasteiger partial charge in [0.1, 0.15) is 6.10 Å². The number of aromatic hydroxyl groups is 1. The highest BCUT2D eigenvalue weighted by molar-refractivity contribution is 5.63. The van der Waals surface area contributed by atoms with Gasteiger partial charge in [-0.15, -0.1) is 0 Å². The molecule has 6 heteroatoms. The number of ether oxygens (including phenoxy) is 1. The van der Waals surface area contributed by atoms with Gasteiger partial charge in [-0.2, -0.15) is 0 Å². The Morgan fingerprint density at radius 1 is 1.23 bits per heavy atom. The van der Waals surface area contributed by atoms with Gasteiger partial charge < -0.3 is 25.8 Å². The standard InChI is InChI=1S/C20H26N2O4/c21-12-5-6-20(25)17-15(24)11-3-4-13(23)16-14(11)19(20,18(12)26-16)7-8-22(17)9-10-1-2-10/h3-4,10,12,15,17-18,23-25H,1-2,5-9,21H2/t12-,15+,17-,18+,19+,20-/m1/s1. The molecular formula is C20H26N2O4. The highest BCUT2D eigenvalue weighted by Crippen LogP contribution is 2.67. The Balaban J connectivity index is 1.60. The number of benzene rings is 1. The first-order valence-corrected chi connectivity index (χ1v) is 9.90. The zero-order valence-corrected chi connectivity index (χ0v) is 14.8. The summed E-state index contributed by atoms with van der Waals surface area (Å²) in [7, 11) is 0. The highest BCUT2D eigenvalue weighted by atomic mass is 16.5. The van der Waals surface area contributed by atoms with Gasteiger partial charge in [0, 0.05) is 18.2 Å². The van der Waals surface area contributed by atoms with Crippen molar-refractivity contribution in [2.45, 2.75) is 67.4 Å². The van der Waals surface area contributed by atoms with Crippen LogP contribution in [0.4, 0.5) is 0 Å². The van der Waals surface area contributed by atoms with E-state index in [0.717, 1.165) is 30.6 Å². The van der Waals surface area contributed by atoms with Gasteiger partial charge in [-0.1, -0.05) is 6.07 Å². The number of hydrogen-bond acceptors (Lipinski definition) is 6. The van der Waals surface area contributed by atoms with Crippen LogP contribution in [0.5, 0.6) is 11.5 Å². The average Bonchev–Trinajstić information content (AvgIpc) is 3.35. The normalized spacial score (nSPS) is 46.0. The van der Waals surface area contributed by atoms with Crippen molar-refractivity contribution in [2.24, 2.45) is 11.7 Å². The minimum Gasteiger partial charge on any atom is -0.504 e. The van der Waals surface area contributed by atoms with Gasteiger partial charge >= 0.3 is 0 Å². The van der Waals surface area contributed by atoms with Crippen LogP contribution in [-0.4, -0.2) is 57.1 Å². The number of nitrogens with zero attached hydrogens (tertiary/aromatic N) is 1. The molecule has 0 aromatic heterocycles. The third kappa shape index (κ3) is 1.59. The van der Waals surface area contributed by atoms with Crippen LogP contribution in [0.15, 0.2) is 12.1 Å². The summed E-state index contributed by atoms with van der Waals surface area (Å²) < 4.78 is 6.20. The van der Waals surface area contributed by atoms with Gasteiger partial charge in [0.05, 0.1) is 23.2 Å². The molecule has 2 heterocycles. The van der Waals surface area contributed by atoms with Crippen molar-refractivity contribution in [3.8, 4) is 11.5 Å². The molecule has 2 bridgehead atoms. The first kappa shape index (κ1) is 15.7. The van der Waals surface area contributed by atoms with Gasteiger partial charge in [0.15, 0.2) is 11.5 Å². The number of piperidine rings is 1. The fourth-order valence-corrected chi connectivity index (χ4v) is 6.58. The zero-order chi connectivity index (χ0) is 17.8. The molecule has 140 valence electrons. The molecule has 3 fully saturated rings. The summed E-state index contributed by atoms with van der Waals surface area (Å²) >= 11 is 0. The van der Waals surface area contributed by atoms with Crippen molar-refractivity contribution in [2.75, 3.05) is 13.1 Å². The lowest BCUT2D eigenvalue weighted by Gasteiger charge is -2.65. The summed E-state index contributed by atoms with van der Waals surface area (Å²) in [6.45, 7) is 1.76. The van der Waals surface area contributed by atoms with Crippen LogP contribution < -0.4 is 10.5 Å². The van der Waals surface area contributed by atoms with E-state index in [-0.39, 0.29) is 23.9 Å². The molecule has 0 unspecified atom stereocenters. The number of rotatable bonds is 2. The van der Waals surface area contributed by atoms with E-state index >= 15 is 0 Å². The second kappa shape index (κ2) is 4.73. The monoisotopic (exact) mass is 358 g/mol. The average molecular weight is 358 g/mol. The summed E-state index contributed by atoms with van der Waals surface area (Å²) in [5.74, 6) is 1.20. The molecule has 5 N–H and O–H groups in total. The van der Waals surface area contributed by atoms with Crippen LogP contribution >= 0.6 is 0 Å². The highest BCUT2D eigenvalue weighted by Gasteiger charge is 2.74. The minimum absolute atomic E-state index is 0.0770. The number of aliphatic hydroxyl groups is 2. The maximum Gasteiger partial charge on any atom is 0.165 e. The second-order valence-corrected chi connectivity index (χ2v) is 9.09. The van der Waals surface area contributed by atoms with Crippen LogP contribution in [0, 0.1) is 5.92 Å². The Labute approximate surface area is 152 Å². The lowest BCUT2D eigenvalue weighted by molar-refractivity contribution is -0.215. The van der Waals surface area contributed by atoms with E-state index < -0.39 is 17.1 Å². The Bertz CT molecular complexity index is 796. The van der Waals surface area contributed by atoms with Gasteiger partial charge in [0.2, 0.25) is 0 Å². The minimum atomic E-state index is -1.08. The summed E-state index contributed by atoms with van der Waals surface area (Å²) in [6, 6.07) is 2.89. The van der Waals surface area contributed by atoms with E-state index in [1.54, 1.807) is 12.1 Å². The lowest BCUT2D eigenvalue weighted by Crippen LogP contribution is -2.78. The molecule has 1 spiro atoms. The third-order valence-electron chi connectivity index (χ3n) is 7.85. The summed E-state index contributed by atoms with van der Waals surface area (Å²) in [4.78, 5) is 2.31. The Morgan fingerprint density at radius 3 is 2.81 bits per heavy atom. The van der Waals surface area contributed by atoms with Crippen LogP contribution in [0.3, 0.4) is 0 Å². The fraction of sp³-hybridized carbons (Fsp3) is 0.700. The molecule has 1 aromatic rings. The number of nitrogens with two attached hydrogens (primary N) is 1. The number of hydrogen-bond donors (Lipinski definition) is 4. The summed E-state index contributed by atoms with van der Waals surface area (Å²) in [6.07, 6.45) is 3.34. The van der Waals surface area contributed by atoms with Gasteiger partial charge in [0.25, 0.3) is 0 Å².